The van der Waals surface area contributed by atoms with Gasteiger partial charge in [-0.15, -0.1) is 0 Å². The molecule has 0 aliphatic carbocycles. The molecular formula is C14H14N4O. The van der Waals surface area contributed by atoms with Gasteiger partial charge in [-0.05, 0) is 5.56 Å². The molecule has 0 aliphatic rings. The minimum atomic E-state index is -0.202. The highest BCUT2D eigenvalue weighted by atomic mass is 16.5. The van der Waals surface area contributed by atoms with Crippen molar-refractivity contribution in [2.75, 3.05) is 0 Å². The van der Waals surface area contributed by atoms with E-state index in [-0.39, 0.29) is 6.04 Å². The predicted molar refractivity (Wildman–Crippen MR) is 70.3 cm³/mol. The second kappa shape index (κ2) is 5.07. The standard InChI is InChI=1S/C14H14N4O/c15-14(11-4-2-1-3-5-11)13-8-16-10-18(13)9-12-6-7-17-19-12/h1-8,10,14H,9,15H2. The van der Waals surface area contributed by atoms with Crippen LogP contribution in [0.5, 0.6) is 0 Å². The van der Waals surface area contributed by atoms with Crippen LogP contribution in [0, 0.1) is 0 Å². The molecule has 2 aromatic heterocycles. The lowest BCUT2D eigenvalue weighted by molar-refractivity contribution is 0.374. The van der Waals surface area contributed by atoms with Crippen molar-refractivity contribution in [3.8, 4) is 0 Å². The number of benzene rings is 1. The Morgan fingerprint density at radius 2 is 2.05 bits per heavy atom. The van der Waals surface area contributed by atoms with Crippen molar-refractivity contribution in [1.82, 2.24) is 14.7 Å². The summed E-state index contributed by atoms with van der Waals surface area (Å²) in [6.45, 7) is 0.579. The maximum absolute atomic E-state index is 6.28. The molecule has 96 valence electrons. The lowest BCUT2D eigenvalue weighted by Crippen LogP contribution is -2.16. The zero-order valence-electron chi connectivity index (χ0n) is 10.3. The molecule has 0 spiro atoms. The molecule has 0 bridgehead atoms. The summed E-state index contributed by atoms with van der Waals surface area (Å²) in [5.41, 5.74) is 8.29. The van der Waals surface area contributed by atoms with E-state index in [0.29, 0.717) is 6.54 Å². The molecule has 5 heteroatoms. The Hall–Kier alpha value is -2.40. The van der Waals surface area contributed by atoms with E-state index in [9.17, 15) is 0 Å². The van der Waals surface area contributed by atoms with Gasteiger partial charge < -0.3 is 14.8 Å². The molecule has 3 aromatic rings. The number of rotatable bonds is 4. The fourth-order valence-corrected chi connectivity index (χ4v) is 2.04. The van der Waals surface area contributed by atoms with Gasteiger partial charge in [0.25, 0.3) is 0 Å². The van der Waals surface area contributed by atoms with Crippen molar-refractivity contribution in [3.63, 3.8) is 0 Å². The molecule has 0 saturated carbocycles. The van der Waals surface area contributed by atoms with E-state index in [2.05, 4.69) is 10.1 Å². The van der Waals surface area contributed by atoms with Crippen LogP contribution < -0.4 is 5.73 Å². The second-order valence-electron chi connectivity index (χ2n) is 4.31. The summed E-state index contributed by atoms with van der Waals surface area (Å²) in [6, 6.07) is 11.6. The first-order valence-electron chi connectivity index (χ1n) is 6.04. The Kier molecular flexibility index (Phi) is 3.12. The quantitative estimate of drug-likeness (QED) is 0.772. The summed E-state index contributed by atoms with van der Waals surface area (Å²) >= 11 is 0. The molecule has 0 amide bonds. The second-order valence-corrected chi connectivity index (χ2v) is 4.31. The van der Waals surface area contributed by atoms with E-state index in [0.717, 1.165) is 17.0 Å². The lowest BCUT2D eigenvalue weighted by Gasteiger charge is -2.14. The van der Waals surface area contributed by atoms with Gasteiger partial charge in [-0.3, -0.25) is 0 Å². The van der Waals surface area contributed by atoms with E-state index in [1.54, 1.807) is 18.7 Å². The van der Waals surface area contributed by atoms with E-state index in [4.69, 9.17) is 10.3 Å². The van der Waals surface area contributed by atoms with Gasteiger partial charge in [0.1, 0.15) is 0 Å². The largest absolute Gasteiger partial charge is 0.359 e. The fourth-order valence-electron chi connectivity index (χ4n) is 2.04. The third kappa shape index (κ3) is 2.41. The van der Waals surface area contributed by atoms with Gasteiger partial charge in [-0.1, -0.05) is 35.5 Å². The molecule has 3 rings (SSSR count). The summed E-state index contributed by atoms with van der Waals surface area (Å²) in [7, 11) is 0. The molecule has 1 atom stereocenters. The lowest BCUT2D eigenvalue weighted by atomic mass is 10.1. The molecule has 1 aromatic carbocycles. The minimum absolute atomic E-state index is 0.202. The summed E-state index contributed by atoms with van der Waals surface area (Å²) in [4.78, 5) is 4.17. The molecule has 19 heavy (non-hydrogen) atoms. The van der Waals surface area contributed by atoms with Crippen molar-refractivity contribution in [2.24, 2.45) is 5.73 Å². The highest BCUT2D eigenvalue weighted by molar-refractivity contribution is 5.26. The van der Waals surface area contributed by atoms with E-state index in [1.807, 2.05) is 41.0 Å². The summed E-state index contributed by atoms with van der Waals surface area (Å²) < 4.78 is 7.08. The molecule has 0 saturated heterocycles. The molecule has 1 unspecified atom stereocenters. The maximum atomic E-state index is 6.28. The Morgan fingerprint density at radius 1 is 1.21 bits per heavy atom. The van der Waals surface area contributed by atoms with Gasteiger partial charge in [-0.25, -0.2) is 4.98 Å². The topological polar surface area (TPSA) is 69.9 Å². The first-order chi connectivity index (χ1) is 9.34. The van der Waals surface area contributed by atoms with Crippen LogP contribution in [0.1, 0.15) is 23.1 Å². The van der Waals surface area contributed by atoms with Gasteiger partial charge in [0.15, 0.2) is 5.76 Å². The van der Waals surface area contributed by atoms with Gasteiger partial charge in [0, 0.05) is 6.07 Å². The van der Waals surface area contributed by atoms with Gasteiger partial charge in [0.05, 0.1) is 37.0 Å². The van der Waals surface area contributed by atoms with Crippen molar-refractivity contribution < 1.29 is 4.52 Å². The van der Waals surface area contributed by atoms with E-state index < -0.39 is 0 Å². The Bertz CT molecular complexity index is 631. The normalized spacial score (nSPS) is 12.5. The summed E-state index contributed by atoms with van der Waals surface area (Å²) in [5.74, 6) is 0.777. The SMILES string of the molecule is NC(c1ccccc1)c1cncn1Cc1ccno1. The number of aromatic nitrogens is 3. The highest BCUT2D eigenvalue weighted by Gasteiger charge is 2.14. The first-order valence-corrected chi connectivity index (χ1v) is 6.04. The Labute approximate surface area is 110 Å². The average molecular weight is 254 g/mol. The first kappa shape index (κ1) is 11.7. The number of hydrogen-bond donors (Lipinski definition) is 1. The van der Waals surface area contributed by atoms with Crippen LogP contribution in [0.25, 0.3) is 0 Å². The van der Waals surface area contributed by atoms with Crippen molar-refractivity contribution in [2.45, 2.75) is 12.6 Å². The smallest absolute Gasteiger partial charge is 0.156 e. The van der Waals surface area contributed by atoms with Crippen LogP contribution in [0.3, 0.4) is 0 Å². The molecule has 0 radical (unpaired) electrons. The van der Waals surface area contributed by atoms with Gasteiger partial charge in [0.2, 0.25) is 0 Å². The number of hydrogen-bond acceptors (Lipinski definition) is 4. The van der Waals surface area contributed by atoms with Crippen LogP contribution in [0.2, 0.25) is 0 Å². The zero-order valence-corrected chi connectivity index (χ0v) is 10.3. The van der Waals surface area contributed by atoms with Crippen LogP contribution in [-0.2, 0) is 6.54 Å². The van der Waals surface area contributed by atoms with Crippen molar-refractivity contribution >= 4 is 0 Å². The number of nitrogens with two attached hydrogens (primary N) is 1. The molecule has 2 N–H and O–H groups in total. The predicted octanol–water partition coefficient (Wildman–Crippen LogP) is 1.97. The third-order valence-electron chi connectivity index (χ3n) is 3.04. The van der Waals surface area contributed by atoms with Crippen LogP contribution in [0.4, 0.5) is 0 Å². The van der Waals surface area contributed by atoms with E-state index in [1.165, 1.54) is 0 Å². The zero-order chi connectivity index (χ0) is 13.1. The van der Waals surface area contributed by atoms with Crippen LogP contribution in [0.15, 0.2) is 59.6 Å². The van der Waals surface area contributed by atoms with Crippen LogP contribution in [-0.4, -0.2) is 14.7 Å². The monoisotopic (exact) mass is 254 g/mol. The maximum Gasteiger partial charge on any atom is 0.156 e. The number of nitrogens with zero attached hydrogens (tertiary/aromatic N) is 3. The molecule has 5 nitrogen and oxygen atoms in total. The summed E-state index contributed by atoms with van der Waals surface area (Å²) in [6.07, 6.45) is 5.16. The molecular weight excluding hydrogens is 240 g/mol. The van der Waals surface area contributed by atoms with Crippen LogP contribution >= 0.6 is 0 Å². The molecule has 0 fully saturated rings. The van der Waals surface area contributed by atoms with Crippen molar-refractivity contribution in [3.05, 3.63) is 72.1 Å². The van der Waals surface area contributed by atoms with Crippen molar-refractivity contribution in [1.29, 1.82) is 0 Å². The Balaban J connectivity index is 1.88. The minimum Gasteiger partial charge on any atom is -0.359 e. The molecule has 0 aliphatic heterocycles. The Morgan fingerprint density at radius 3 is 2.79 bits per heavy atom. The van der Waals surface area contributed by atoms with Gasteiger partial charge in [-0.2, -0.15) is 0 Å². The van der Waals surface area contributed by atoms with Gasteiger partial charge >= 0.3 is 0 Å². The highest BCUT2D eigenvalue weighted by Crippen LogP contribution is 2.19. The molecule has 2 heterocycles. The van der Waals surface area contributed by atoms with E-state index >= 15 is 0 Å². The average Bonchev–Trinajstić information content (AvgIpc) is 3.11. The number of imidazole rings is 1. The fraction of sp³-hybridized carbons (Fsp3) is 0.143. The third-order valence-corrected chi connectivity index (χ3v) is 3.04. The summed E-state index contributed by atoms with van der Waals surface area (Å²) in [5, 5.41) is 3.70.